The Bertz CT molecular complexity index is 1170. The van der Waals surface area contributed by atoms with Gasteiger partial charge in [0.05, 0.1) is 31.5 Å². The molecule has 0 amide bonds. The summed E-state index contributed by atoms with van der Waals surface area (Å²) in [6.07, 6.45) is 9.13. The molecule has 2 spiro atoms. The summed E-state index contributed by atoms with van der Waals surface area (Å²) in [5, 5.41) is 0. The Morgan fingerprint density at radius 1 is 0.711 bits per heavy atom. The SMILES string of the molecule is COC(=O)O[C@@H](C[C@H]1O[C@@H]2C[C@@]3(C)CC[C@H]4[C@H](C)CC[C@@H]([C@H]1C)[C@@]24OO3)C1O[C@@H]2C[C@@]3(C)CC[C@H]4[C@H](C)CC[C@@H]([C@H]1C)[C@@]24OO3. The van der Waals surface area contributed by atoms with E-state index >= 15 is 0 Å². The first-order chi connectivity index (χ1) is 21.4. The van der Waals surface area contributed by atoms with Crippen LogP contribution in [0, 0.1) is 47.3 Å². The van der Waals surface area contributed by atoms with Crippen molar-refractivity contribution in [2.24, 2.45) is 47.3 Å². The highest BCUT2D eigenvalue weighted by Gasteiger charge is 2.70. The Hall–Kier alpha value is -0.970. The van der Waals surface area contributed by atoms with Crippen molar-refractivity contribution in [3.8, 4) is 0 Å². The average Bonchev–Trinajstić information content (AvgIpc) is 3.38. The van der Waals surface area contributed by atoms with Crippen LogP contribution in [0.25, 0.3) is 0 Å². The smallest absolute Gasteiger partial charge is 0.438 e. The Kier molecular flexibility index (Phi) is 7.49. The predicted octanol–water partition coefficient (Wildman–Crippen LogP) is 6.95. The average molecular weight is 633 g/mol. The fourth-order valence-electron chi connectivity index (χ4n) is 12.4. The molecule has 10 fully saturated rings. The third kappa shape index (κ3) is 4.49. The van der Waals surface area contributed by atoms with Crippen LogP contribution in [0.3, 0.4) is 0 Å². The fourth-order valence-corrected chi connectivity index (χ4v) is 12.4. The number of carbonyl (C=O) groups is 1. The molecule has 4 bridgehead atoms. The molecular formula is C36H56O9. The topological polar surface area (TPSA) is 90.9 Å². The molecule has 10 rings (SSSR count). The van der Waals surface area contributed by atoms with Gasteiger partial charge in [0, 0.05) is 19.3 Å². The molecule has 9 nitrogen and oxygen atoms in total. The molecule has 45 heavy (non-hydrogen) atoms. The minimum atomic E-state index is -0.663. The number of carbonyl (C=O) groups excluding carboxylic acids is 1. The van der Waals surface area contributed by atoms with Crippen molar-refractivity contribution in [2.75, 3.05) is 7.11 Å². The van der Waals surface area contributed by atoms with Gasteiger partial charge in [-0.1, -0.05) is 27.7 Å². The van der Waals surface area contributed by atoms with Crippen molar-refractivity contribution in [1.82, 2.24) is 0 Å². The summed E-state index contributed by atoms with van der Waals surface area (Å²) in [5.74, 6) is 2.83. The molecule has 0 aromatic heterocycles. The van der Waals surface area contributed by atoms with Crippen molar-refractivity contribution in [3.05, 3.63) is 0 Å². The molecule has 4 aliphatic carbocycles. The molecular weight excluding hydrogens is 576 g/mol. The van der Waals surface area contributed by atoms with Crippen LogP contribution >= 0.6 is 0 Å². The zero-order valence-electron chi connectivity index (χ0n) is 28.5. The molecule has 1 unspecified atom stereocenters. The Labute approximate surface area is 268 Å². The van der Waals surface area contributed by atoms with Gasteiger partial charge in [-0.25, -0.2) is 24.3 Å². The number of ether oxygens (including phenoxy) is 4. The molecule has 0 N–H and O–H groups in total. The molecule has 6 heterocycles. The maximum absolute atomic E-state index is 12.9. The largest absolute Gasteiger partial charge is 0.508 e. The first kappa shape index (κ1) is 31.3. The highest BCUT2D eigenvalue weighted by Crippen LogP contribution is 2.64. The number of hydrogen-bond donors (Lipinski definition) is 0. The molecule has 10 aliphatic rings. The summed E-state index contributed by atoms with van der Waals surface area (Å²) < 4.78 is 25.7. The first-order valence-corrected chi connectivity index (χ1v) is 18.2. The second kappa shape index (κ2) is 10.8. The van der Waals surface area contributed by atoms with Crippen molar-refractivity contribution >= 4 is 6.16 Å². The highest BCUT2D eigenvalue weighted by molar-refractivity contribution is 5.59. The normalized spacial score (nSPS) is 57.1. The molecule has 6 saturated heterocycles. The summed E-state index contributed by atoms with van der Waals surface area (Å²) in [4.78, 5) is 38.4. The zero-order valence-corrected chi connectivity index (χ0v) is 28.5. The lowest BCUT2D eigenvalue weighted by Crippen LogP contribution is -2.71. The van der Waals surface area contributed by atoms with E-state index in [4.69, 9.17) is 38.5 Å². The maximum Gasteiger partial charge on any atom is 0.508 e. The van der Waals surface area contributed by atoms with E-state index in [1.54, 1.807) is 0 Å². The molecule has 17 atom stereocenters. The van der Waals surface area contributed by atoms with Gasteiger partial charge in [0.25, 0.3) is 0 Å². The second-order valence-corrected chi connectivity index (χ2v) is 17.3. The standard InChI is InChI=1S/C36H56O9/c1-19-8-10-25-21(3)27(39-29-17-33(5)14-12-23(19)35(25,29)44-42-33)16-28(40-32(37)38-7)31-22(4)26-11-9-20(2)24-13-15-34(6)18-30(41-31)36(24,26)45-43-34/h19-31H,8-18H2,1-7H3/t19-,20-,21-,22-,23+,24+,25+,26+,27-,28+,29-,30-,31?,33-,34-,35-,36-/m1/s1. The molecule has 9 heteroatoms. The van der Waals surface area contributed by atoms with Crippen LogP contribution in [0.2, 0.25) is 0 Å². The van der Waals surface area contributed by atoms with E-state index in [-0.39, 0.29) is 53.4 Å². The van der Waals surface area contributed by atoms with Crippen LogP contribution in [0.15, 0.2) is 0 Å². The van der Waals surface area contributed by atoms with Crippen LogP contribution in [0.1, 0.15) is 112 Å². The number of methoxy groups -OCH3 is 1. The van der Waals surface area contributed by atoms with Crippen molar-refractivity contribution in [3.63, 3.8) is 0 Å². The number of rotatable bonds is 4. The van der Waals surface area contributed by atoms with Gasteiger partial charge in [-0.05, 0) is 113 Å². The molecule has 0 radical (unpaired) electrons. The van der Waals surface area contributed by atoms with Crippen LogP contribution in [-0.4, -0.2) is 66.2 Å². The third-order valence-electron chi connectivity index (χ3n) is 14.8. The summed E-state index contributed by atoms with van der Waals surface area (Å²) in [6, 6.07) is 0. The zero-order chi connectivity index (χ0) is 31.5. The minimum absolute atomic E-state index is 0.0480. The minimum Gasteiger partial charge on any atom is -0.438 e. The van der Waals surface area contributed by atoms with Gasteiger partial charge in [0.15, 0.2) is 0 Å². The van der Waals surface area contributed by atoms with E-state index in [0.29, 0.717) is 36.0 Å². The molecule has 0 aromatic carbocycles. The lowest BCUT2D eigenvalue weighted by atomic mass is 9.55. The van der Waals surface area contributed by atoms with Gasteiger partial charge in [-0.3, -0.25) is 0 Å². The number of hydrogen-bond acceptors (Lipinski definition) is 9. The monoisotopic (exact) mass is 632 g/mol. The van der Waals surface area contributed by atoms with Gasteiger partial charge in [-0.15, -0.1) is 0 Å². The van der Waals surface area contributed by atoms with E-state index in [9.17, 15) is 4.79 Å². The Balaban J connectivity index is 1.11. The molecule has 4 saturated carbocycles. The van der Waals surface area contributed by atoms with Gasteiger partial charge in [-0.2, -0.15) is 0 Å². The number of fused-ring (bicyclic) bond motifs is 4. The van der Waals surface area contributed by atoms with E-state index in [1.165, 1.54) is 13.5 Å². The Morgan fingerprint density at radius 2 is 1.24 bits per heavy atom. The van der Waals surface area contributed by atoms with Crippen LogP contribution in [0.4, 0.5) is 4.79 Å². The van der Waals surface area contributed by atoms with Crippen molar-refractivity contribution < 1.29 is 43.3 Å². The van der Waals surface area contributed by atoms with Crippen LogP contribution in [-0.2, 0) is 38.5 Å². The maximum atomic E-state index is 12.9. The van der Waals surface area contributed by atoms with Crippen LogP contribution in [0.5, 0.6) is 0 Å². The second-order valence-electron chi connectivity index (χ2n) is 17.3. The lowest BCUT2D eigenvalue weighted by molar-refractivity contribution is -0.491. The highest BCUT2D eigenvalue weighted by atomic mass is 17.2. The Morgan fingerprint density at radius 3 is 1.80 bits per heavy atom. The van der Waals surface area contributed by atoms with Gasteiger partial charge in [0.1, 0.15) is 28.5 Å². The summed E-state index contributed by atoms with van der Waals surface area (Å²) >= 11 is 0. The first-order valence-electron chi connectivity index (χ1n) is 18.2. The summed E-state index contributed by atoms with van der Waals surface area (Å²) in [6.45, 7) is 13.7. The van der Waals surface area contributed by atoms with E-state index in [1.807, 2.05) is 0 Å². The van der Waals surface area contributed by atoms with Crippen molar-refractivity contribution in [1.29, 1.82) is 0 Å². The van der Waals surface area contributed by atoms with E-state index < -0.39 is 23.5 Å². The van der Waals surface area contributed by atoms with Crippen molar-refractivity contribution in [2.45, 2.75) is 165 Å². The molecule has 0 aromatic rings. The fraction of sp³-hybridized carbons (Fsp3) is 0.972. The van der Waals surface area contributed by atoms with Gasteiger partial charge >= 0.3 is 6.16 Å². The third-order valence-corrected chi connectivity index (χ3v) is 14.8. The van der Waals surface area contributed by atoms with Gasteiger partial charge in [0.2, 0.25) is 0 Å². The molecule has 6 aliphatic heterocycles. The summed E-state index contributed by atoms with van der Waals surface area (Å²) in [5.41, 5.74) is -1.59. The van der Waals surface area contributed by atoms with Crippen LogP contribution < -0.4 is 0 Å². The quantitative estimate of drug-likeness (QED) is 0.241. The van der Waals surface area contributed by atoms with E-state index in [0.717, 1.165) is 57.8 Å². The predicted molar refractivity (Wildman–Crippen MR) is 163 cm³/mol. The molecule has 254 valence electrons. The lowest BCUT2D eigenvalue weighted by Gasteiger charge is -2.62. The van der Waals surface area contributed by atoms with E-state index in [2.05, 4.69) is 41.5 Å². The van der Waals surface area contributed by atoms with Gasteiger partial charge < -0.3 is 18.9 Å². The summed E-state index contributed by atoms with van der Waals surface area (Å²) in [7, 11) is 1.38.